The highest BCUT2D eigenvalue weighted by atomic mass is 32.2. The van der Waals surface area contributed by atoms with E-state index in [1.54, 1.807) is 43.3 Å². The standard InChI is InChI=1S/C23H20N4O3S2/c1-2-27(19-13-7-4-8-14-19)32(29,30)20-15-9-12-18(16-20)21(28)24-23-26-25-22(31-23)17-10-5-3-6-11-17/h3-16H,2H2,1H3,(H,24,26,28). The molecule has 1 heterocycles. The molecule has 9 heteroatoms. The van der Waals surface area contributed by atoms with Crippen molar-refractivity contribution in [1.82, 2.24) is 10.2 Å². The van der Waals surface area contributed by atoms with E-state index >= 15 is 0 Å². The molecule has 0 aliphatic carbocycles. The van der Waals surface area contributed by atoms with Crippen LogP contribution in [0.5, 0.6) is 0 Å². The highest BCUT2D eigenvalue weighted by Crippen LogP contribution is 2.27. The lowest BCUT2D eigenvalue weighted by Crippen LogP contribution is -2.30. The zero-order valence-corrected chi connectivity index (χ0v) is 18.8. The number of rotatable bonds is 7. The van der Waals surface area contributed by atoms with E-state index < -0.39 is 15.9 Å². The molecule has 0 fully saturated rings. The van der Waals surface area contributed by atoms with Gasteiger partial charge in [0.05, 0.1) is 10.6 Å². The average molecular weight is 465 g/mol. The summed E-state index contributed by atoms with van der Waals surface area (Å²) in [5.41, 5.74) is 1.68. The fourth-order valence-electron chi connectivity index (χ4n) is 3.15. The number of anilines is 2. The molecule has 0 saturated heterocycles. The number of hydrogen-bond acceptors (Lipinski definition) is 6. The van der Waals surface area contributed by atoms with Crippen LogP contribution in [0.15, 0.2) is 89.8 Å². The third kappa shape index (κ3) is 4.53. The Morgan fingerprint density at radius 1 is 0.938 bits per heavy atom. The molecule has 0 atom stereocenters. The molecular formula is C23H20N4O3S2. The third-order valence-corrected chi connectivity index (χ3v) is 7.47. The van der Waals surface area contributed by atoms with E-state index in [2.05, 4.69) is 15.5 Å². The van der Waals surface area contributed by atoms with E-state index in [9.17, 15) is 13.2 Å². The minimum Gasteiger partial charge on any atom is -0.296 e. The van der Waals surface area contributed by atoms with Crippen molar-refractivity contribution in [3.05, 3.63) is 90.5 Å². The predicted octanol–water partition coefficient (Wildman–Crippen LogP) is 4.67. The van der Waals surface area contributed by atoms with Crippen molar-refractivity contribution < 1.29 is 13.2 Å². The fourth-order valence-corrected chi connectivity index (χ4v) is 5.42. The van der Waals surface area contributed by atoms with Gasteiger partial charge in [0.1, 0.15) is 5.01 Å². The van der Waals surface area contributed by atoms with Crippen molar-refractivity contribution in [2.75, 3.05) is 16.2 Å². The van der Waals surface area contributed by atoms with Gasteiger partial charge in [0.2, 0.25) is 5.13 Å². The number of nitrogens with one attached hydrogen (secondary N) is 1. The quantitative estimate of drug-likeness (QED) is 0.429. The molecule has 7 nitrogen and oxygen atoms in total. The van der Waals surface area contributed by atoms with Gasteiger partial charge in [0.15, 0.2) is 0 Å². The normalized spacial score (nSPS) is 11.2. The molecule has 0 radical (unpaired) electrons. The summed E-state index contributed by atoms with van der Waals surface area (Å²) >= 11 is 1.24. The number of amides is 1. The van der Waals surface area contributed by atoms with Crippen LogP contribution < -0.4 is 9.62 Å². The first-order valence-corrected chi connectivity index (χ1v) is 12.1. The minimum absolute atomic E-state index is 0.0399. The summed E-state index contributed by atoms with van der Waals surface area (Å²) in [7, 11) is -3.84. The number of carbonyl (C=O) groups excluding carboxylic acids is 1. The smallest absolute Gasteiger partial charge is 0.264 e. The van der Waals surface area contributed by atoms with Crippen molar-refractivity contribution in [3.8, 4) is 10.6 Å². The Balaban J connectivity index is 1.56. The number of para-hydroxylation sites is 1. The molecule has 162 valence electrons. The monoisotopic (exact) mass is 464 g/mol. The van der Waals surface area contributed by atoms with Crippen molar-refractivity contribution in [2.45, 2.75) is 11.8 Å². The van der Waals surface area contributed by atoms with Crippen LogP contribution in [-0.2, 0) is 10.0 Å². The molecule has 0 aliphatic heterocycles. The Hall–Kier alpha value is -3.56. The van der Waals surface area contributed by atoms with E-state index in [0.29, 0.717) is 15.8 Å². The van der Waals surface area contributed by atoms with Crippen LogP contribution in [0, 0.1) is 0 Å². The third-order valence-electron chi connectivity index (χ3n) is 4.68. The van der Waals surface area contributed by atoms with Gasteiger partial charge in [0, 0.05) is 17.7 Å². The van der Waals surface area contributed by atoms with Crippen molar-refractivity contribution in [1.29, 1.82) is 0 Å². The van der Waals surface area contributed by atoms with Crippen molar-refractivity contribution in [2.24, 2.45) is 0 Å². The first-order valence-electron chi connectivity index (χ1n) is 9.87. The molecule has 4 aromatic rings. The topological polar surface area (TPSA) is 92.3 Å². The second-order valence-electron chi connectivity index (χ2n) is 6.77. The highest BCUT2D eigenvalue weighted by molar-refractivity contribution is 7.92. The number of benzene rings is 3. The SMILES string of the molecule is CCN(c1ccccc1)S(=O)(=O)c1cccc(C(=O)Nc2nnc(-c3ccccc3)s2)c1. The molecule has 0 spiro atoms. The molecule has 0 aliphatic rings. The lowest BCUT2D eigenvalue weighted by atomic mass is 10.2. The fraction of sp³-hybridized carbons (Fsp3) is 0.0870. The van der Waals surface area contributed by atoms with E-state index in [1.807, 2.05) is 36.4 Å². The van der Waals surface area contributed by atoms with Crippen molar-refractivity contribution >= 4 is 38.1 Å². The lowest BCUT2D eigenvalue weighted by Gasteiger charge is -2.23. The number of hydrogen-bond donors (Lipinski definition) is 1. The molecule has 32 heavy (non-hydrogen) atoms. The van der Waals surface area contributed by atoms with Gasteiger partial charge in [-0.15, -0.1) is 10.2 Å². The van der Waals surface area contributed by atoms with E-state index in [4.69, 9.17) is 0 Å². The second-order valence-corrected chi connectivity index (χ2v) is 9.61. The molecule has 0 saturated carbocycles. The largest absolute Gasteiger partial charge is 0.296 e. The van der Waals surface area contributed by atoms with Gasteiger partial charge in [0.25, 0.3) is 15.9 Å². The summed E-state index contributed by atoms with van der Waals surface area (Å²) in [6.07, 6.45) is 0. The highest BCUT2D eigenvalue weighted by Gasteiger charge is 2.24. The Labute approximate surface area is 190 Å². The van der Waals surface area contributed by atoms with Crippen LogP contribution in [0.2, 0.25) is 0 Å². The number of aromatic nitrogens is 2. The van der Waals surface area contributed by atoms with E-state index in [1.165, 1.54) is 27.8 Å². The maximum absolute atomic E-state index is 13.2. The first-order chi connectivity index (χ1) is 15.5. The van der Waals surface area contributed by atoms with E-state index in [-0.39, 0.29) is 17.0 Å². The maximum atomic E-state index is 13.2. The molecular weight excluding hydrogens is 444 g/mol. The summed E-state index contributed by atoms with van der Waals surface area (Å²) in [5, 5.41) is 11.8. The molecule has 1 aromatic heterocycles. The molecule has 3 aromatic carbocycles. The summed E-state index contributed by atoms with van der Waals surface area (Å²) in [5.74, 6) is -0.458. The van der Waals surface area contributed by atoms with Gasteiger partial charge in [-0.05, 0) is 37.3 Å². The minimum atomic E-state index is -3.84. The summed E-state index contributed by atoms with van der Waals surface area (Å²) < 4.78 is 27.8. The summed E-state index contributed by atoms with van der Waals surface area (Å²) in [4.78, 5) is 12.8. The maximum Gasteiger partial charge on any atom is 0.264 e. The molecule has 4 rings (SSSR count). The number of carbonyl (C=O) groups is 1. The van der Waals surface area contributed by atoms with Gasteiger partial charge in [-0.2, -0.15) is 0 Å². The Morgan fingerprint density at radius 3 is 2.31 bits per heavy atom. The van der Waals surface area contributed by atoms with Gasteiger partial charge in [-0.1, -0.05) is 65.9 Å². The lowest BCUT2D eigenvalue weighted by molar-refractivity contribution is 0.102. The molecule has 1 N–H and O–H groups in total. The van der Waals surface area contributed by atoms with E-state index in [0.717, 1.165) is 5.56 Å². The molecule has 1 amide bonds. The second kappa shape index (κ2) is 9.29. The Kier molecular flexibility index (Phi) is 6.29. The van der Waals surface area contributed by atoms with Crippen LogP contribution in [-0.4, -0.2) is 31.1 Å². The Morgan fingerprint density at radius 2 is 1.62 bits per heavy atom. The zero-order valence-electron chi connectivity index (χ0n) is 17.2. The predicted molar refractivity (Wildman–Crippen MR) is 126 cm³/mol. The number of nitrogens with zero attached hydrogens (tertiary/aromatic N) is 3. The zero-order chi connectivity index (χ0) is 22.6. The van der Waals surface area contributed by atoms with Crippen molar-refractivity contribution in [3.63, 3.8) is 0 Å². The van der Waals surface area contributed by atoms with Crippen LogP contribution in [0.4, 0.5) is 10.8 Å². The summed E-state index contributed by atoms with van der Waals surface area (Å²) in [6, 6.07) is 24.3. The Bertz CT molecular complexity index is 1320. The van der Waals surface area contributed by atoms with Gasteiger partial charge < -0.3 is 0 Å². The molecule has 0 unspecified atom stereocenters. The van der Waals surface area contributed by atoms with Crippen LogP contribution in [0.25, 0.3) is 10.6 Å². The van der Waals surface area contributed by atoms with Gasteiger partial charge >= 0.3 is 0 Å². The summed E-state index contributed by atoms with van der Waals surface area (Å²) in [6.45, 7) is 2.02. The van der Waals surface area contributed by atoms with Gasteiger partial charge in [-0.25, -0.2) is 8.42 Å². The van der Waals surface area contributed by atoms with Crippen LogP contribution in [0.3, 0.4) is 0 Å². The average Bonchev–Trinajstić information content (AvgIpc) is 3.29. The molecule has 0 bridgehead atoms. The van der Waals surface area contributed by atoms with Crippen LogP contribution >= 0.6 is 11.3 Å². The van der Waals surface area contributed by atoms with Gasteiger partial charge in [-0.3, -0.25) is 14.4 Å². The van der Waals surface area contributed by atoms with Crippen LogP contribution in [0.1, 0.15) is 17.3 Å². The first kappa shape index (κ1) is 21.7. The number of sulfonamides is 1.